The Morgan fingerprint density at radius 2 is 1.96 bits per heavy atom. The van der Waals surface area contributed by atoms with Gasteiger partial charge >= 0.3 is 22.4 Å². The molecular formula is C25H29F3N8O11S2. The Kier molecular flexibility index (Phi) is 12.1. The van der Waals surface area contributed by atoms with Crippen molar-refractivity contribution >= 4 is 67.1 Å². The molecule has 0 saturated carbocycles. The van der Waals surface area contributed by atoms with Gasteiger partial charge in [0.25, 0.3) is 17.9 Å². The van der Waals surface area contributed by atoms with Gasteiger partial charge in [-0.05, 0) is 38.1 Å². The van der Waals surface area contributed by atoms with E-state index >= 15 is 0 Å². The molecular weight excluding hydrogens is 709 g/mol. The third-order valence-electron chi connectivity index (χ3n) is 6.59. The number of oxime groups is 1. The van der Waals surface area contributed by atoms with E-state index in [4.69, 9.17) is 30.9 Å². The minimum atomic E-state index is -5.19. The van der Waals surface area contributed by atoms with E-state index < -0.39 is 70.7 Å². The maximum Gasteiger partial charge on any atom is 0.430 e. The van der Waals surface area contributed by atoms with Crippen LogP contribution in [0.25, 0.3) is 10.9 Å². The monoisotopic (exact) mass is 738 g/mol. The van der Waals surface area contributed by atoms with Crippen molar-refractivity contribution < 1.29 is 69.8 Å². The average Bonchev–Trinajstić information content (AvgIpc) is 3.56. The lowest BCUT2D eigenvalue weighted by Crippen LogP contribution is -2.71. The molecule has 2 aromatic heterocycles. The number of carboxylic acid groups (broad SMARTS) is 2. The lowest BCUT2D eigenvalue weighted by molar-refractivity contribution is -0.751. The molecule has 0 radical (unpaired) electrons. The standard InChI is InChI=1S/C23H28N8O9S2.C2HF3O2/c1-12-18(21(33)31(12)42(36,37)38)27-20(32)19(15-11-41-23(25)26-15)28-40-17(22(34)35)10-39-14-4-5-16-13(8-14)9-29(2)30(16)7-3-6-24;3-2(4,5)1(6)7/h4-5,8-9,11-12,17-18H,3,6-7,10,24H2,1-2H3,(H4-,25,26,27,32,34,35,36,37,38);(H,6,7)/t12-,17?,18-;/m0./s1. The summed E-state index contributed by atoms with van der Waals surface area (Å²) in [7, 11) is -2.93. The molecule has 3 atom stereocenters. The quantitative estimate of drug-likeness (QED) is 0.0414. The molecule has 1 fully saturated rings. The number of carbonyl (C=O) groups is 4. The number of ether oxygens (including phenoxy) is 1. The summed E-state index contributed by atoms with van der Waals surface area (Å²) in [6.07, 6.45) is -4.17. The molecule has 1 aromatic carbocycles. The molecule has 0 bridgehead atoms. The molecule has 7 N–H and O–H groups in total. The number of nitrogens with two attached hydrogens (primary N) is 2. The summed E-state index contributed by atoms with van der Waals surface area (Å²) in [6.45, 7) is 2.07. The van der Waals surface area contributed by atoms with Gasteiger partial charge in [0, 0.05) is 5.38 Å². The molecule has 4 rings (SSSR count). The van der Waals surface area contributed by atoms with Gasteiger partial charge in [-0.15, -0.1) is 16.0 Å². The first-order chi connectivity index (χ1) is 22.8. The highest BCUT2D eigenvalue weighted by molar-refractivity contribution is 7.84. The summed E-state index contributed by atoms with van der Waals surface area (Å²) in [6, 6.07) is 2.82. The summed E-state index contributed by atoms with van der Waals surface area (Å²) >= 11 is 0.962. The van der Waals surface area contributed by atoms with Crippen LogP contribution >= 0.6 is 11.3 Å². The second kappa shape index (κ2) is 15.4. The predicted octanol–water partition coefficient (Wildman–Crippen LogP) is -2.08. The molecule has 24 heteroatoms. The highest BCUT2D eigenvalue weighted by Gasteiger charge is 2.51. The largest absolute Gasteiger partial charge is 0.542 e. The van der Waals surface area contributed by atoms with E-state index in [0.717, 1.165) is 35.2 Å². The van der Waals surface area contributed by atoms with Crippen LogP contribution in [0.1, 0.15) is 19.0 Å². The van der Waals surface area contributed by atoms with Crippen LogP contribution in [0, 0.1) is 0 Å². The number of hydrogen-bond acceptors (Lipinski definition) is 14. The summed E-state index contributed by atoms with van der Waals surface area (Å²) in [5.74, 6) is -6.18. The van der Waals surface area contributed by atoms with Gasteiger partial charge in [0.05, 0.1) is 18.0 Å². The van der Waals surface area contributed by atoms with Crippen LogP contribution in [-0.4, -0.2) is 99.0 Å². The second-order valence-corrected chi connectivity index (χ2v) is 12.2. The first kappa shape index (κ1) is 38.4. The average molecular weight is 739 g/mol. The van der Waals surface area contributed by atoms with Gasteiger partial charge in [0.15, 0.2) is 17.9 Å². The number of nitrogens with one attached hydrogen (secondary N) is 1. The van der Waals surface area contributed by atoms with Gasteiger partial charge in [0.2, 0.25) is 6.20 Å². The number of aryl methyl sites for hydroxylation is 2. The number of thiazole rings is 1. The number of fused-ring (bicyclic) bond motifs is 1. The lowest BCUT2D eigenvalue weighted by Gasteiger charge is -2.42. The van der Waals surface area contributed by atoms with Crippen molar-refractivity contribution in [3.05, 3.63) is 35.5 Å². The Bertz CT molecular complexity index is 1860. The third-order valence-corrected chi connectivity index (χ3v) is 8.27. The number of alkyl halides is 3. The number of halogens is 3. The van der Waals surface area contributed by atoms with Gasteiger partial charge in [-0.2, -0.15) is 26.3 Å². The molecule has 2 amide bonds. The Hall–Kier alpha value is -5.07. The van der Waals surface area contributed by atoms with Crippen molar-refractivity contribution in [1.29, 1.82) is 0 Å². The number of β-lactam (4-membered cyclic amide) rings is 1. The van der Waals surface area contributed by atoms with Gasteiger partial charge < -0.3 is 41.4 Å². The number of carbonyl (C=O) groups excluding carboxylic acids is 3. The fourth-order valence-corrected chi connectivity index (χ4v) is 5.70. The number of carboxylic acids is 2. The van der Waals surface area contributed by atoms with Gasteiger partial charge in [0.1, 0.15) is 35.6 Å². The SMILES string of the molecule is C[C@H]1[C@H](NC(=O)C(=NOC(COc2ccc3c(c2)c[n+](C)n3CCCN)C(=O)O)c2csc(N)n2)C(=O)N1S(=O)(=O)O.O=C([O-])C(F)(F)F. The van der Waals surface area contributed by atoms with Gasteiger partial charge in [-0.25, -0.2) is 14.1 Å². The molecule has 1 aliphatic heterocycles. The van der Waals surface area contributed by atoms with Crippen LogP contribution in [0.2, 0.25) is 0 Å². The Labute approximate surface area is 278 Å². The fraction of sp³-hybridized carbons (Fsp3) is 0.400. The summed E-state index contributed by atoms with van der Waals surface area (Å²) < 4.78 is 73.2. The van der Waals surface area contributed by atoms with E-state index in [2.05, 4.69) is 15.5 Å². The topological polar surface area (TPSA) is 286 Å². The highest BCUT2D eigenvalue weighted by atomic mass is 32.2. The van der Waals surface area contributed by atoms with Crippen LogP contribution in [0.5, 0.6) is 5.75 Å². The molecule has 268 valence electrons. The van der Waals surface area contributed by atoms with Crippen molar-refractivity contribution in [1.82, 2.24) is 19.3 Å². The van der Waals surface area contributed by atoms with E-state index in [0.29, 0.717) is 12.3 Å². The zero-order valence-electron chi connectivity index (χ0n) is 25.4. The number of aromatic nitrogens is 3. The number of nitrogen functional groups attached to an aromatic ring is 1. The highest BCUT2D eigenvalue weighted by Crippen LogP contribution is 2.24. The number of hydrogen-bond donors (Lipinski definition) is 5. The molecule has 19 nitrogen and oxygen atoms in total. The minimum Gasteiger partial charge on any atom is -0.542 e. The first-order valence-corrected chi connectivity index (χ1v) is 15.9. The van der Waals surface area contributed by atoms with Crippen molar-refractivity contribution in [3.63, 3.8) is 0 Å². The summed E-state index contributed by atoms with van der Waals surface area (Å²) in [5.41, 5.74) is 11.6. The molecule has 1 aliphatic rings. The van der Waals surface area contributed by atoms with Crippen LogP contribution < -0.4 is 31.3 Å². The predicted molar refractivity (Wildman–Crippen MR) is 159 cm³/mol. The number of anilines is 1. The Balaban J connectivity index is 0.000000838. The van der Waals surface area contributed by atoms with E-state index in [1.54, 1.807) is 12.1 Å². The molecule has 1 unspecified atom stereocenters. The van der Waals surface area contributed by atoms with Crippen molar-refractivity contribution in [2.75, 3.05) is 18.9 Å². The van der Waals surface area contributed by atoms with E-state index in [9.17, 15) is 45.6 Å². The molecule has 0 spiro atoms. The van der Waals surface area contributed by atoms with E-state index in [1.807, 2.05) is 28.7 Å². The Morgan fingerprint density at radius 1 is 1.31 bits per heavy atom. The summed E-state index contributed by atoms with van der Waals surface area (Å²) in [5, 5.41) is 26.7. The van der Waals surface area contributed by atoms with Gasteiger partial charge in [-0.1, -0.05) is 5.16 Å². The molecule has 3 aromatic rings. The zero-order valence-corrected chi connectivity index (χ0v) is 27.0. The Morgan fingerprint density at radius 3 is 2.47 bits per heavy atom. The van der Waals surface area contributed by atoms with Crippen molar-refractivity contribution in [2.24, 2.45) is 17.9 Å². The smallest absolute Gasteiger partial charge is 0.430 e. The van der Waals surface area contributed by atoms with E-state index in [1.165, 1.54) is 12.3 Å². The first-order valence-electron chi connectivity index (χ1n) is 13.7. The fourth-order valence-electron chi connectivity index (χ4n) is 4.27. The second-order valence-electron chi connectivity index (χ2n) is 10.0. The normalized spacial score (nSPS) is 17.1. The molecule has 1 saturated heterocycles. The molecule has 49 heavy (non-hydrogen) atoms. The number of aliphatic carboxylic acids is 2. The van der Waals surface area contributed by atoms with Crippen molar-refractivity contribution in [3.8, 4) is 5.75 Å². The van der Waals surface area contributed by atoms with Crippen LogP contribution in [0.3, 0.4) is 0 Å². The number of rotatable bonds is 13. The van der Waals surface area contributed by atoms with Gasteiger partial charge in [-0.3, -0.25) is 14.1 Å². The van der Waals surface area contributed by atoms with Crippen molar-refractivity contribution in [2.45, 2.75) is 44.3 Å². The summed E-state index contributed by atoms with van der Waals surface area (Å²) in [4.78, 5) is 55.0. The minimum absolute atomic E-state index is 0.0647. The van der Waals surface area contributed by atoms with E-state index in [-0.39, 0.29) is 15.1 Å². The zero-order chi connectivity index (χ0) is 36.8. The maximum absolute atomic E-state index is 13.0. The molecule has 0 aliphatic carbocycles. The van der Waals surface area contributed by atoms with Crippen LogP contribution in [0.4, 0.5) is 18.3 Å². The molecule has 3 heterocycles. The third kappa shape index (κ3) is 9.52. The number of nitrogens with zero attached hydrogens (tertiary/aromatic N) is 5. The maximum atomic E-state index is 13.0. The lowest BCUT2D eigenvalue weighted by atomic mass is 10.0. The van der Waals surface area contributed by atoms with Crippen LogP contribution in [-0.2, 0) is 47.9 Å². The number of benzene rings is 1. The number of amides is 2. The van der Waals surface area contributed by atoms with Crippen LogP contribution in [0.15, 0.2) is 34.9 Å².